The molecule has 1 aliphatic carbocycles. The summed E-state index contributed by atoms with van der Waals surface area (Å²) >= 11 is 0. The van der Waals surface area contributed by atoms with Gasteiger partial charge in [-0.25, -0.2) is 9.78 Å². The molecule has 0 spiro atoms. The van der Waals surface area contributed by atoms with Crippen molar-refractivity contribution in [3.05, 3.63) is 84.2 Å². The molecule has 1 amide bonds. The number of nitrogens with two attached hydrogens (primary N) is 1. The van der Waals surface area contributed by atoms with Gasteiger partial charge in [-0.1, -0.05) is 54.6 Å². The topological polar surface area (TPSA) is 95.2 Å². The minimum absolute atomic E-state index is 0.365. The van der Waals surface area contributed by atoms with Crippen LogP contribution in [0, 0.1) is 0 Å². The number of hydrogen-bond acceptors (Lipinski definition) is 5. The first-order valence-electron chi connectivity index (χ1n) is 10.5. The van der Waals surface area contributed by atoms with E-state index in [2.05, 4.69) is 4.98 Å². The summed E-state index contributed by atoms with van der Waals surface area (Å²) in [7, 11) is 0. The van der Waals surface area contributed by atoms with Crippen LogP contribution in [-0.4, -0.2) is 22.3 Å². The van der Waals surface area contributed by atoms with Gasteiger partial charge in [-0.2, -0.15) is 0 Å². The average molecular weight is 423 g/mol. The van der Waals surface area contributed by atoms with Crippen molar-refractivity contribution >= 4 is 23.3 Å². The highest BCUT2D eigenvalue weighted by atomic mass is 16.6. The van der Waals surface area contributed by atoms with Crippen molar-refractivity contribution in [2.24, 2.45) is 5.73 Å². The fraction of sp³-hybridized carbons (Fsp3) is 0.154. The normalized spacial score (nSPS) is 14.5. The first-order chi connectivity index (χ1) is 15.6. The number of benzene rings is 2. The molecule has 0 radical (unpaired) electrons. The fourth-order valence-corrected chi connectivity index (χ4v) is 4.34. The van der Waals surface area contributed by atoms with E-state index >= 15 is 0 Å². The molecule has 158 valence electrons. The average Bonchev–Trinajstić information content (AvgIpc) is 2.80. The van der Waals surface area contributed by atoms with Crippen LogP contribution in [0.4, 0.5) is 4.79 Å². The molecular formula is C26H21N3O3. The second-order valence-electron chi connectivity index (χ2n) is 7.98. The van der Waals surface area contributed by atoms with Crippen LogP contribution >= 0.6 is 0 Å². The van der Waals surface area contributed by atoms with Gasteiger partial charge >= 0.3 is 6.09 Å². The zero-order valence-corrected chi connectivity index (χ0v) is 17.3. The van der Waals surface area contributed by atoms with E-state index in [1.54, 1.807) is 12.3 Å². The maximum absolute atomic E-state index is 11.5. The third-order valence-electron chi connectivity index (χ3n) is 6.11. The number of rotatable bonds is 5. The van der Waals surface area contributed by atoms with E-state index in [0.717, 1.165) is 53.5 Å². The largest absolute Gasteiger partial charge is 0.438 e. The molecule has 32 heavy (non-hydrogen) atoms. The summed E-state index contributed by atoms with van der Waals surface area (Å²) < 4.78 is 5.46. The summed E-state index contributed by atoms with van der Waals surface area (Å²) in [4.78, 5) is 32.0. The van der Waals surface area contributed by atoms with Gasteiger partial charge in [0.15, 0.2) is 6.29 Å². The number of nitrogens with zero attached hydrogens (tertiary/aromatic N) is 2. The number of hydrogen-bond donors (Lipinski definition) is 1. The van der Waals surface area contributed by atoms with E-state index in [0.29, 0.717) is 16.6 Å². The molecule has 0 aliphatic heterocycles. The highest BCUT2D eigenvalue weighted by Crippen LogP contribution is 2.45. The molecule has 1 saturated carbocycles. The second-order valence-corrected chi connectivity index (χ2v) is 7.98. The Labute approximate surface area is 185 Å². The number of fused-ring (bicyclic) bond motifs is 1. The summed E-state index contributed by atoms with van der Waals surface area (Å²) in [5.41, 5.74) is 10.3. The highest BCUT2D eigenvalue weighted by Gasteiger charge is 2.42. The molecule has 0 atom stereocenters. The first-order valence-corrected chi connectivity index (χ1v) is 10.5. The third kappa shape index (κ3) is 3.39. The summed E-state index contributed by atoms with van der Waals surface area (Å²) in [6.07, 6.45) is 4.11. The molecule has 2 heterocycles. The minimum Gasteiger partial charge on any atom is -0.438 e. The van der Waals surface area contributed by atoms with Crippen molar-refractivity contribution in [3.8, 4) is 22.4 Å². The van der Waals surface area contributed by atoms with Crippen molar-refractivity contribution in [1.82, 2.24) is 9.97 Å². The Morgan fingerprint density at radius 2 is 1.75 bits per heavy atom. The molecule has 2 N–H and O–H groups in total. The van der Waals surface area contributed by atoms with Gasteiger partial charge in [0.05, 0.1) is 11.2 Å². The number of carbonyl (C=O) groups excluding carboxylic acids is 2. The van der Waals surface area contributed by atoms with Crippen molar-refractivity contribution in [1.29, 1.82) is 0 Å². The van der Waals surface area contributed by atoms with Gasteiger partial charge < -0.3 is 10.5 Å². The predicted octanol–water partition coefficient (Wildman–Crippen LogP) is 5.25. The monoisotopic (exact) mass is 423 g/mol. The molecule has 5 rings (SSSR count). The molecule has 6 nitrogen and oxygen atoms in total. The van der Waals surface area contributed by atoms with Gasteiger partial charge in [0, 0.05) is 22.7 Å². The van der Waals surface area contributed by atoms with Crippen LogP contribution in [0.1, 0.15) is 35.3 Å². The maximum Gasteiger partial charge on any atom is 0.405 e. The molecule has 0 saturated heterocycles. The molecule has 4 aromatic rings. The molecule has 2 aromatic heterocycles. The second kappa shape index (κ2) is 7.89. The lowest BCUT2D eigenvalue weighted by atomic mass is 9.74. The maximum atomic E-state index is 11.5. The fourth-order valence-electron chi connectivity index (χ4n) is 4.34. The van der Waals surface area contributed by atoms with E-state index in [9.17, 15) is 9.59 Å². The van der Waals surface area contributed by atoms with Crippen LogP contribution in [0.15, 0.2) is 72.9 Å². The van der Waals surface area contributed by atoms with Crippen LogP contribution in [0.5, 0.6) is 0 Å². The Bertz CT molecular complexity index is 1310. The van der Waals surface area contributed by atoms with E-state index in [1.165, 1.54) is 0 Å². The van der Waals surface area contributed by atoms with Crippen LogP contribution in [0.25, 0.3) is 33.3 Å². The number of aldehydes is 1. The molecule has 1 fully saturated rings. The molecule has 6 heteroatoms. The first kappa shape index (κ1) is 19.9. The molecule has 0 bridgehead atoms. The van der Waals surface area contributed by atoms with E-state index < -0.39 is 11.7 Å². The van der Waals surface area contributed by atoms with Crippen LogP contribution < -0.4 is 5.73 Å². The van der Waals surface area contributed by atoms with E-state index in [4.69, 9.17) is 15.5 Å². The van der Waals surface area contributed by atoms with E-state index in [1.807, 2.05) is 60.7 Å². The van der Waals surface area contributed by atoms with Crippen LogP contribution in [-0.2, 0) is 10.3 Å². The highest BCUT2D eigenvalue weighted by molar-refractivity contribution is 5.99. The lowest BCUT2D eigenvalue weighted by Crippen LogP contribution is -2.40. The van der Waals surface area contributed by atoms with Gasteiger partial charge in [0.2, 0.25) is 0 Å². The predicted molar refractivity (Wildman–Crippen MR) is 122 cm³/mol. The van der Waals surface area contributed by atoms with Gasteiger partial charge in [-0.3, -0.25) is 9.78 Å². The van der Waals surface area contributed by atoms with Crippen LogP contribution in [0.3, 0.4) is 0 Å². The smallest absolute Gasteiger partial charge is 0.405 e. The Hall–Kier alpha value is -4.06. The summed E-state index contributed by atoms with van der Waals surface area (Å²) in [5, 5.41) is 0.713. The van der Waals surface area contributed by atoms with Crippen molar-refractivity contribution in [3.63, 3.8) is 0 Å². The van der Waals surface area contributed by atoms with Gasteiger partial charge in [0.25, 0.3) is 0 Å². The zero-order valence-electron chi connectivity index (χ0n) is 17.3. The summed E-state index contributed by atoms with van der Waals surface area (Å²) in [6, 6.07) is 21.6. The van der Waals surface area contributed by atoms with Crippen molar-refractivity contribution in [2.45, 2.75) is 24.9 Å². The lowest BCUT2D eigenvalue weighted by molar-refractivity contribution is -0.0489. The zero-order chi connectivity index (χ0) is 22.1. The summed E-state index contributed by atoms with van der Waals surface area (Å²) in [5.74, 6) is 0. The third-order valence-corrected chi connectivity index (χ3v) is 6.11. The van der Waals surface area contributed by atoms with Gasteiger partial charge in [-0.05, 0) is 42.5 Å². The number of primary amides is 1. The standard InChI is InChI=1S/C26H21N3O3/c27-25(31)32-26(12-4-13-26)19-9-7-18(8-10-19)24-20(17-5-2-1-3-6-17)15-21-22(29-24)11-14-28-23(21)16-30/h1-3,5-11,14-16H,4,12-13H2,(H2,27,31). The van der Waals surface area contributed by atoms with Crippen molar-refractivity contribution < 1.29 is 14.3 Å². The Balaban J connectivity index is 1.65. The number of ether oxygens (including phenoxy) is 1. The van der Waals surface area contributed by atoms with Gasteiger partial charge in [-0.15, -0.1) is 0 Å². The number of pyridine rings is 2. The molecule has 1 aliphatic rings. The number of carbonyl (C=O) groups is 2. The molecule has 0 unspecified atom stereocenters. The van der Waals surface area contributed by atoms with Crippen LogP contribution in [0.2, 0.25) is 0 Å². The number of aromatic nitrogens is 2. The minimum atomic E-state index is -0.754. The van der Waals surface area contributed by atoms with Crippen molar-refractivity contribution in [2.75, 3.05) is 0 Å². The Kier molecular flexibility index (Phi) is 4.90. The van der Waals surface area contributed by atoms with E-state index in [-0.39, 0.29) is 0 Å². The molecule has 2 aromatic carbocycles. The quantitative estimate of drug-likeness (QED) is 0.442. The lowest BCUT2D eigenvalue weighted by Gasteiger charge is -2.40. The Morgan fingerprint density at radius 1 is 1.00 bits per heavy atom. The van der Waals surface area contributed by atoms with Gasteiger partial charge in [0.1, 0.15) is 11.3 Å². The Morgan fingerprint density at radius 3 is 2.38 bits per heavy atom. The molecular weight excluding hydrogens is 402 g/mol. The number of amides is 1. The summed E-state index contributed by atoms with van der Waals surface area (Å²) in [6.45, 7) is 0. The SMILES string of the molecule is NC(=O)OC1(c2ccc(-c3nc4ccnc(C=O)c4cc3-c3ccccc3)cc2)CCC1.